The monoisotopic (exact) mass is 299 g/mol. The summed E-state index contributed by atoms with van der Waals surface area (Å²) in [6.07, 6.45) is 2.39. The van der Waals surface area contributed by atoms with Crippen LogP contribution in [0.2, 0.25) is 0 Å². The zero-order valence-electron chi connectivity index (χ0n) is 15.9. The Hall–Kier alpha value is -0.120. The number of rotatable bonds is 11. The van der Waals surface area contributed by atoms with Crippen molar-refractivity contribution >= 4 is 0 Å². The highest BCUT2D eigenvalue weighted by Gasteiger charge is 2.36. The molecule has 0 atom stereocenters. The van der Waals surface area contributed by atoms with Crippen molar-refractivity contribution in [2.24, 2.45) is 23.5 Å². The minimum Gasteiger partial charge on any atom is -0.329 e. The molecule has 128 valence electrons. The van der Waals surface area contributed by atoms with Gasteiger partial charge in [0.2, 0.25) is 0 Å². The van der Waals surface area contributed by atoms with Gasteiger partial charge in [0.25, 0.3) is 0 Å². The van der Waals surface area contributed by atoms with Gasteiger partial charge in [-0.05, 0) is 44.7 Å². The van der Waals surface area contributed by atoms with Crippen LogP contribution in [-0.4, -0.2) is 55.6 Å². The summed E-state index contributed by atoms with van der Waals surface area (Å²) in [5.41, 5.74) is 6.49. The average molecular weight is 300 g/mol. The predicted octanol–water partition coefficient (Wildman–Crippen LogP) is 3.30. The molecule has 3 heteroatoms. The molecule has 21 heavy (non-hydrogen) atoms. The van der Waals surface area contributed by atoms with Crippen LogP contribution in [0, 0.1) is 17.8 Å². The number of hydrogen-bond acceptors (Lipinski definition) is 3. The molecule has 0 amide bonds. The SMILES string of the molecule is CC(C)CN(CCN(C)C)C(CN)(CC(C)C)CC(C)C. The van der Waals surface area contributed by atoms with E-state index in [0.29, 0.717) is 17.8 Å². The Morgan fingerprint density at radius 1 is 0.810 bits per heavy atom. The lowest BCUT2D eigenvalue weighted by molar-refractivity contribution is 0.0378. The van der Waals surface area contributed by atoms with Gasteiger partial charge in [0.05, 0.1) is 0 Å². The van der Waals surface area contributed by atoms with Gasteiger partial charge in [-0.3, -0.25) is 4.90 Å². The first kappa shape index (κ1) is 20.9. The molecular weight excluding hydrogens is 258 g/mol. The van der Waals surface area contributed by atoms with E-state index < -0.39 is 0 Å². The van der Waals surface area contributed by atoms with Crippen molar-refractivity contribution in [2.75, 3.05) is 40.3 Å². The van der Waals surface area contributed by atoms with E-state index in [0.717, 1.165) is 26.2 Å². The molecule has 0 saturated carbocycles. The Morgan fingerprint density at radius 3 is 1.57 bits per heavy atom. The third-order valence-electron chi connectivity index (χ3n) is 4.03. The summed E-state index contributed by atoms with van der Waals surface area (Å²) in [5, 5.41) is 0. The van der Waals surface area contributed by atoms with E-state index in [9.17, 15) is 0 Å². The summed E-state index contributed by atoms with van der Waals surface area (Å²) in [6, 6.07) is 0. The molecule has 0 bridgehead atoms. The molecular formula is C18H41N3. The lowest BCUT2D eigenvalue weighted by atomic mass is 9.79. The molecule has 3 nitrogen and oxygen atoms in total. The summed E-state index contributed by atoms with van der Waals surface area (Å²) in [7, 11) is 4.31. The molecule has 0 unspecified atom stereocenters. The molecule has 0 aromatic carbocycles. The van der Waals surface area contributed by atoms with Gasteiger partial charge in [0.15, 0.2) is 0 Å². The third kappa shape index (κ3) is 8.18. The van der Waals surface area contributed by atoms with Gasteiger partial charge in [0, 0.05) is 31.7 Å². The van der Waals surface area contributed by atoms with E-state index >= 15 is 0 Å². The number of hydrogen-bond donors (Lipinski definition) is 1. The highest BCUT2D eigenvalue weighted by molar-refractivity contribution is 4.94. The summed E-state index contributed by atoms with van der Waals surface area (Å²) in [4.78, 5) is 4.97. The molecule has 2 N–H and O–H groups in total. The molecule has 0 spiro atoms. The van der Waals surface area contributed by atoms with E-state index in [1.165, 1.54) is 12.8 Å². The van der Waals surface area contributed by atoms with Crippen LogP contribution >= 0.6 is 0 Å². The van der Waals surface area contributed by atoms with Crippen molar-refractivity contribution in [3.63, 3.8) is 0 Å². The largest absolute Gasteiger partial charge is 0.329 e. The van der Waals surface area contributed by atoms with Gasteiger partial charge < -0.3 is 10.6 Å². The first-order valence-electron chi connectivity index (χ1n) is 8.72. The fourth-order valence-electron chi connectivity index (χ4n) is 3.44. The molecule has 0 aliphatic heterocycles. The van der Waals surface area contributed by atoms with Gasteiger partial charge in [-0.15, -0.1) is 0 Å². The molecule has 0 rings (SSSR count). The quantitative estimate of drug-likeness (QED) is 0.635. The Kier molecular flexibility index (Phi) is 9.75. The Labute approximate surface area is 134 Å². The van der Waals surface area contributed by atoms with Crippen LogP contribution in [0.5, 0.6) is 0 Å². The topological polar surface area (TPSA) is 32.5 Å². The van der Waals surface area contributed by atoms with Gasteiger partial charge >= 0.3 is 0 Å². The first-order chi connectivity index (χ1) is 9.62. The van der Waals surface area contributed by atoms with Gasteiger partial charge in [-0.25, -0.2) is 0 Å². The van der Waals surface area contributed by atoms with Crippen molar-refractivity contribution in [3.8, 4) is 0 Å². The second kappa shape index (κ2) is 9.81. The maximum atomic E-state index is 6.33. The maximum absolute atomic E-state index is 6.33. The minimum absolute atomic E-state index is 0.155. The van der Waals surface area contributed by atoms with E-state index in [4.69, 9.17) is 5.73 Å². The van der Waals surface area contributed by atoms with Crippen molar-refractivity contribution < 1.29 is 0 Å². The number of nitrogens with zero attached hydrogens (tertiary/aromatic N) is 2. The van der Waals surface area contributed by atoms with Crippen molar-refractivity contribution in [1.29, 1.82) is 0 Å². The summed E-state index contributed by atoms with van der Waals surface area (Å²) in [5.74, 6) is 2.04. The molecule has 0 aliphatic carbocycles. The zero-order valence-corrected chi connectivity index (χ0v) is 15.9. The van der Waals surface area contributed by atoms with Crippen LogP contribution in [0.25, 0.3) is 0 Å². The average Bonchev–Trinajstić information content (AvgIpc) is 2.31. The highest BCUT2D eigenvalue weighted by atomic mass is 15.2. The fourth-order valence-corrected chi connectivity index (χ4v) is 3.44. The van der Waals surface area contributed by atoms with E-state index in [1.54, 1.807) is 0 Å². The van der Waals surface area contributed by atoms with E-state index in [2.05, 4.69) is 65.4 Å². The number of likely N-dealkylation sites (N-methyl/N-ethyl adjacent to an activating group) is 1. The Bertz CT molecular complexity index is 249. The smallest absolute Gasteiger partial charge is 0.0337 e. The van der Waals surface area contributed by atoms with E-state index in [-0.39, 0.29) is 5.54 Å². The van der Waals surface area contributed by atoms with Gasteiger partial charge in [-0.2, -0.15) is 0 Å². The van der Waals surface area contributed by atoms with Crippen LogP contribution in [-0.2, 0) is 0 Å². The standard InChI is InChI=1S/C18H41N3/c1-15(2)11-18(14-19,12-16(3)4)21(13-17(5)6)10-9-20(7)8/h15-17H,9-14,19H2,1-8H3. The van der Waals surface area contributed by atoms with Gasteiger partial charge in [0.1, 0.15) is 0 Å². The Balaban J connectivity index is 5.28. The summed E-state index contributed by atoms with van der Waals surface area (Å²) < 4.78 is 0. The molecule has 0 saturated heterocycles. The van der Waals surface area contributed by atoms with E-state index in [1.807, 2.05) is 0 Å². The molecule has 0 aliphatic rings. The van der Waals surface area contributed by atoms with Crippen LogP contribution in [0.1, 0.15) is 54.4 Å². The minimum atomic E-state index is 0.155. The molecule has 0 aromatic rings. The van der Waals surface area contributed by atoms with Crippen LogP contribution < -0.4 is 5.73 Å². The zero-order chi connectivity index (χ0) is 16.6. The predicted molar refractivity (Wildman–Crippen MR) is 95.7 cm³/mol. The Morgan fingerprint density at radius 2 is 1.29 bits per heavy atom. The second-order valence-electron chi connectivity index (χ2n) is 8.27. The molecule has 0 fully saturated rings. The summed E-state index contributed by atoms with van der Waals surface area (Å²) >= 11 is 0. The maximum Gasteiger partial charge on any atom is 0.0337 e. The molecule has 0 aromatic heterocycles. The normalized spacial score (nSPS) is 13.4. The fraction of sp³-hybridized carbons (Fsp3) is 1.00. The lowest BCUT2D eigenvalue weighted by Crippen LogP contribution is -2.57. The first-order valence-corrected chi connectivity index (χ1v) is 8.72. The lowest BCUT2D eigenvalue weighted by Gasteiger charge is -2.47. The van der Waals surface area contributed by atoms with Crippen LogP contribution in [0.15, 0.2) is 0 Å². The third-order valence-corrected chi connectivity index (χ3v) is 4.03. The second-order valence-corrected chi connectivity index (χ2v) is 8.27. The van der Waals surface area contributed by atoms with Crippen LogP contribution in [0.4, 0.5) is 0 Å². The number of nitrogens with two attached hydrogens (primary N) is 1. The van der Waals surface area contributed by atoms with Crippen molar-refractivity contribution in [1.82, 2.24) is 9.80 Å². The highest BCUT2D eigenvalue weighted by Crippen LogP contribution is 2.31. The van der Waals surface area contributed by atoms with Gasteiger partial charge in [-0.1, -0.05) is 41.5 Å². The summed E-state index contributed by atoms with van der Waals surface area (Å²) in [6.45, 7) is 18.0. The molecule has 0 radical (unpaired) electrons. The van der Waals surface area contributed by atoms with Crippen molar-refractivity contribution in [2.45, 2.75) is 59.9 Å². The van der Waals surface area contributed by atoms with Crippen LogP contribution in [0.3, 0.4) is 0 Å². The van der Waals surface area contributed by atoms with Crippen molar-refractivity contribution in [3.05, 3.63) is 0 Å². The molecule has 0 heterocycles.